The van der Waals surface area contributed by atoms with Gasteiger partial charge < -0.3 is 9.80 Å². The van der Waals surface area contributed by atoms with Crippen LogP contribution in [0.4, 0.5) is 0 Å². The van der Waals surface area contributed by atoms with Gasteiger partial charge in [-0.3, -0.25) is 0 Å². The summed E-state index contributed by atoms with van der Waals surface area (Å²) in [7, 11) is 2.23. The van der Waals surface area contributed by atoms with Gasteiger partial charge >= 0.3 is 0 Å². The minimum absolute atomic E-state index is 0.792. The average Bonchev–Trinajstić information content (AvgIpc) is 2.90. The smallest absolute Gasteiger partial charge is 0.0640 e. The molecule has 0 amide bonds. The van der Waals surface area contributed by atoms with Crippen molar-refractivity contribution in [2.75, 3.05) is 26.7 Å². The molecular formula is C20H36N2S. The number of rotatable bonds is 6. The number of nitrogens with zero attached hydrogens (tertiary/aromatic N) is 2. The molecule has 3 fully saturated rings. The molecule has 3 aliphatic rings. The number of fused-ring (bicyclic) bond motifs is 1. The summed E-state index contributed by atoms with van der Waals surface area (Å²) in [6.45, 7) is 10.2. The number of hydrogen-bond acceptors (Lipinski definition) is 3. The topological polar surface area (TPSA) is 6.48 Å². The summed E-state index contributed by atoms with van der Waals surface area (Å²) >= 11 is 2.09. The minimum atomic E-state index is 0.792. The molecule has 3 heteroatoms. The molecule has 3 rings (SSSR count). The number of thioether (sulfide) groups is 1. The first-order valence-electron chi connectivity index (χ1n) is 9.99. The molecule has 1 aliphatic heterocycles. The highest BCUT2D eigenvalue weighted by atomic mass is 32.2. The van der Waals surface area contributed by atoms with Crippen LogP contribution in [0, 0.1) is 11.8 Å². The van der Waals surface area contributed by atoms with Crippen molar-refractivity contribution in [3.8, 4) is 0 Å². The fraction of sp³-hybridized carbons (Fsp3) is 0.900. The lowest BCUT2D eigenvalue weighted by Crippen LogP contribution is -2.42. The van der Waals surface area contributed by atoms with Crippen molar-refractivity contribution >= 4 is 11.8 Å². The molecular weight excluding hydrogens is 300 g/mol. The van der Waals surface area contributed by atoms with E-state index in [1.54, 1.807) is 0 Å². The maximum absolute atomic E-state index is 4.39. The molecule has 0 aromatic rings. The van der Waals surface area contributed by atoms with Crippen LogP contribution < -0.4 is 0 Å². The van der Waals surface area contributed by atoms with Crippen molar-refractivity contribution in [3.63, 3.8) is 0 Å². The van der Waals surface area contributed by atoms with E-state index in [4.69, 9.17) is 0 Å². The zero-order valence-corrected chi connectivity index (χ0v) is 16.1. The molecule has 2 nitrogen and oxygen atoms in total. The predicted molar refractivity (Wildman–Crippen MR) is 103 cm³/mol. The van der Waals surface area contributed by atoms with Crippen molar-refractivity contribution in [2.24, 2.45) is 11.8 Å². The zero-order valence-electron chi connectivity index (χ0n) is 15.3. The Bertz CT molecular complexity index is 391. The van der Waals surface area contributed by atoms with Gasteiger partial charge in [-0.1, -0.05) is 45.6 Å². The summed E-state index contributed by atoms with van der Waals surface area (Å²) in [6.07, 6.45) is 13.1. The summed E-state index contributed by atoms with van der Waals surface area (Å²) in [5.41, 5.74) is 0. The molecule has 1 heterocycles. The third kappa shape index (κ3) is 4.28. The lowest BCUT2D eigenvalue weighted by Gasteiger charge is -2.40. The molecule has 0 N–H and O–H groups in total. The van der Waals surface area contributed by atoms with E-state index in [1.807, 2.05) is 0 Å². The van der Waals surface area contributed by atoms with E-state index < -0.39 is 0 Å². The van der Waals surface area contributed by atoms with E-state index in [9.17, 15) is 0 Å². The SMILES string of the molecule is C=C1SC2CCC(C3CCCCC3)CC2N1CCCN(C)CC. The van der Waals surface area contributed by atoms with Gasteiger partial charge in [0.1, 0.15) is 0 Å². The molecule has 1 saturated heterocycles. The van der Waals surface area contributed by atoms with E-state index in [0.29, 0.717) is 0 Å². The quantitative estimate of drug-likeness (QED) is 0.676. The van der Waals surface area contributed by atoms with Gasteiger partial charge in [0.25, 0.3) is 0 Å². The summed E-state index contributed by atoms with van der Waals surface area (Å²) in [5.74, 6) is 2.04. The van der Waals surface area contributed by atoms with Gasteiger partial charge in [0.2, 0.25) is 0 Å². The fourth-order valence-corrected chi connectivity index (χ4v) is 6.42. The monoisotopic (exact) mass is 336 g/mol. The van der Waals surface area contributed by atoms with Crippen LogP contribution >= 0.6 is 11.8 Å². The maximum atomic E-state index is 4.39. The Morgan fingerprint density at radius 2 is 1.91 bits per heavy atom. The van der Waals surface area contributed by atoms with Crippen LogP contribution in [0.15, 0.2) is 11.6 Å². The van der Waals surface area contributed by atoms with Crippen LogP contribution in [0.25, 0.3) is 0 Å². The standard InChI is InChI=1S/C20H36N2S/c1-4-21(3)13-8-14-22-16(2)23-20-12-11-18(15-19(20)22)17-9-6-5-7-10-17/h17-20H,2,4-15H2,1,3H3. The average molecular weight is 337 g/mol. The van der Waals surface area contributed by atoms with Gasteiger partial charge in [-0.15, -0.1) is 11.8 Å². The van der Waals surface area contributed by atoms with E-state index in [-0.39, 0.29) is 0 Å². The molecule has 3 unspecified atom stereocenters. The molecule has 132 valence electrons. The maximum Gasteiger partial charge on any atom is 0.0640 e. The highest BCUT2D eigenvalue weighted by Gasteiger charge is 2.42. The fourth-order valence-electron chi connectivity index (χ4n) is 5.04. The van der Waals surface area contributed by atoms with Crippen LogP contribution in [0.3, 0.4) is 0 Å². The van der Waals surface area contributed by atoms with E-state index >= 15 is 0 Å². The molecule has 0 aromatic carbocycles. The lowest BCUT2D eigenvalue weighted by molar-refractivity contribution is 0.132. The Hall–Kier alpha value is -0.150. The molecule has 23 heavy (non-hydrogen) atoms. The predicted octanol–water partition coefficient (Wildman–Crippen LogP) is 4.97. The van der Waals surface area contributed by atoms with Gasteiger partial charge in [0.05, 0.1) is 5.03 Å². The van der Waals surface area contributed by atoms with Gasteiger partial charge in [-0.25, -0.2) is 0 Å². The van der Waals surface area contributed by atoms with Gasteiger partial charge in [0, 0.05) is 17.8 Å². The van der Waals surface area contributed by atoms with Crippen molar-refractivity contribution in [1.29, 1.82) is 0 Å². The summed E-state index contributed by atoms with van der Waals surface area (Å²) in [5, 5.41) is 2.20. The first-order valence-corrected chi connectivity index (χ1v) is 10.9. The van der Waals surface area contributed by atoms with Crippen LogP contribution in [-0.2, 0) is 0 Å². The Labute approximate surface area is 148 Å². The lowest BCUT2D eigenvalue weighted by atomic mass is 9.72. The zero-order chi connectivity index (χ0) is 16.2. The second kappa shape index (κ2) is 8.29. The minimum Gasteiger partial charge on any atom is -0.363 e. The molecule has 0 radical (unpaired) electrons. The van der Waals surface area contributed by atoms with Gasteiger partial charge in [-0.05, 0) is 57.7 Å². The van der Waals surface area contributed by atoms with Crippen LogP contribution in [0.1, 0.15) is 64.7 Å². The van der Waals surface area contributed by atoms with Gasteiger partial charge in [-0.2, -0.15) is 0 Å². The highest BCUT2D eigenvalue weighted by Crippen LogP contribution is 2.49. The molecule has 0 bridgehead atoms. The second-order valence-corrected chi connectivity index (χ2v) is 9.34. The van der Waals surface area contributed by atoms with Gasteiger partial charge in [0.15, 0.2) is 0 Å². The normalized spacial score (nSPS) is 32.6. The Morgan fingerprint density at radius 1 is 1.13 bits per heavy atom. The van der Waals surface area contributed by atoms with E-state index in [0.717, 1.165) is 29.7 Å². The Kier molecular flexibility index (Phi) is 6.37. The Balaban J connectivity index is 1.54. The molecule has 2 aliphatic carbocycles. The molecule has 3 atom stereocenters. The summed E-state index contributed by atoms with van der Waals surface area (Å²) in [4.78, 5) is 5.11. The largest absolute Gasteiger partial charge is 0.363 e. The van der Waals surface area contributed by atoms with E-state index in [2.05, 4.69) is 42.1 Å². The van der Waals surface area contributed by atoms with Crippen LogP contribution in [0.2, 0.25) is 0 Å². The molecule has 2 saturated carbocycles. The first kappa shape index (κ1) is 17.7. The van der Waals surface area contributed by atoms with Crippen molar-refractivity contribution in [1.82, 2.24) is 9.80 Å². The third-order valence-corrected chi connectivity index (χ3v) is 7.96. The van der Waals surface area contributed by atoms with Crippen molar-refractivity contribution in [2.45, 2.75) is 76.0 Å². The first-order chi connectivity index (χ1) is 11.2. The number of hydrogen-bond donors (Lipinski definition) is 0. The summed E-state index contributed by atoms with van der Waals surface area (Å²) < 4.78 is 0. The third-order valence-electron chi connectivity index (χ3n) is 6.60. The van der Waals surface area contributed by atoms with Crippen LogP contribution in [-0.4, -0.2) is 47.8 Å². The molecule has 0 spiro atoms. The van der Waals surface area contributed by atoms with E-state index in [1.165, 1.54) is 75.9 Å². The van der Waals surface area contributed by atoms with Crippen molar-refractivity contribution in [3.05, 3.63) is 11.6 Å². The highest BCUT2D eigenvalue weighted by molar-refractivity contribution is 8.03. The second-order valence-electron chi connectivity index (χ2n) is 8.03. The van der Waals surface area contributed by atoms with Crippen molar-refractivity contribution < 1.29 is 0 Å². The Morgan fingerprint density at radius 3 is 2.65 bits per heavy atom. The summed E-state index contributed by atoms with van der Waals surface area (Å²) in [6, 6.07) is 0.792. The van der Waals surface area contributed by atoms with Crippen LogP contribution in [0.5, 0.6) is 0 Å². The molecule has 0 aromatic heterocycles.